The minimum absolute atomic E-state index is 0.0184. The molecule has 0 fully saturated rings. The first-order valence-corrected chi connectivity index (χ1v) is 16.8. The first-order valence-electron chi connectivity index (χ1n) is 16.8. The van der Waals surface area contributed by atoms with Gasteiger partial charge in [0.1, 0.15) is 11.5 Å². The van der Waals surface area contributed by atoms with Crippen molar-refractivity contribution in [2.24, 2.45) is 0 Å². The van der Waals surface area contributed by atoms with Crippen molar-refractivity contribution in [3.05, 3.63) is 151 Å². The van der Waals surface area contributed by atoms with Gasteiger partial charge in [0, 0.05) is 61.8 Å². The van der Waals surface area contributed by atoms with Crippen LogP contribution in [0.5, 0.6) is 0 Å². The summed E-state index contributed by atoms with van der Waals surface area (Å²) in [4.78, 5) is 12.1. The van der Waals surface area contributed by atoms with E-state index in [1.54, 1.807) is 0 Å². The molecule has 234 valence electrons. The Labute approximate surface area is 283 Å². The maximum atomic E-state index is 4.94. The van der Waals surface area contributed by atoms with E-state index in [9.17, 15) is 0 Å². The molecule has 0 atom stereocenters. The van der Waals surface area contributed by atoms with Gasteiger partial charge in [-0.1, -0.05) is 75.4 Å². The van der Waals surface area contributed by atoms with E-state index in [0.29, 0.717) is 0 Å². The molecular weight excluding hydrogens is 599 g/mol. The molecule has 5 heteroatoms. The highest BCUT2D eigenvalue weighted by Gasteiger charge is 2.24. The highest BCUT2D eigenvalue weighted by atomic mass is 15.1. The summed E-state index contributed by atoms with van der Waals surface area (Å²) in [6.07, 6.45) is 3.77. The Balaban J connectivity index is 1.26. The standard InChI is InChI=1S/C44H33N5/c1-44(2,3)28-24-36-34-21-19-31(27-40(34)49-42(36)37(25-28)35-15-11-23-46-43(35)49)47(29-12-5-4-6-13-29)30-18-20-33-32-14-7-8-16-38(32)48(39(33)26-30)41-17-9-10-22-45-41/h4-27H,1-3H3. The van der Waals surface area contributed by atoms with Gasteiger partial charge in [0.25, 0.3) is 0 Å². The summed E-state index contributed by atoms with van der Waals surface area (Å²) >= 11 is 0. The molecular formula is C44H33N5. The van der Waals surface area contributed by atoms with E-state index < -0.39 is 0 Å². The second kappa shape index (κ2) is 10.1. The first kappa shape index (κ1) is 27.9. The van der Waals surface area contributed by atoms with Gasteiger partial charge in [-0.05, 0) is 89.8 Å². The predicted molar refractivity (Wildman–Crippen MR) is 204 cm³/mol. The Kier molecular flexibility index (Phi) is 5.77. The number of benzene rings is 5. The van der Waals surface area contributed by atoms with Gasteiger partial charge in [0.2, 0.25) is 0 Å². The van der Waals surface area contributed by atoms with Gasteiger partial charge in [0.05, 0.1) is 22.1 Å². The van der Waals surface area contributed by atoms with E-state index in [0.717, 1.165) is 45.1 Å². The zero-order chi connectivity index (χ0) is 32.9. The molecule has 10 rings (SSSR count). The SMILES string of the molecule is CC(C)(C)c1cc2c3ccc(N(c4ccccc4)c4ccc5c6ccccc6n(-c6ccccn6)c5c4)cc3n3c4ncccc4c(c1)c23. The third-order valence-electron chi connectivity index (χ3n) is 10.1. The third kappa shape index (κ3) is 4.05. The van der Waals surface area contributed by atoms with E-state index in [4.69, 9.17) is 9.97 Å². The quantitative estimate of drug-likeness (QED) is 0.194. The van der Waals surface area contributed by atoms with Crippen LogP contribution in [0.15, 0.2) is 146 Å². The van der Waals surface area contributed by atoms with Gasteiger partial charge < -0.3 is 4.90 Å². The minimum Gasteiger partial charge on any atom is -0.310 e. The molecule has 10 aromatic rings. The Morgan fingerprint density at radius 3 is 1.88 bits per heavy atom. The summed E-state index contributed by atoms with van der Waals surface area (Å²) in [5, 5.41) is 7.37. The number of nitrogens with zero attached hydrogens (tertiary/aromatic N) is 5. The lowest BCUT2D eigenvalue weighted by molar-refractivity contribution is 0.592. The lowest BCUT2D eigenvalue weighted by Crippen LogP contribution is -2.10. The maximum Gasteiger partial charge on any atom is 0.145 e. The zero-order valence-electron chi connectivity index (χ0n) is 27.6. The van der Waals surface area contributed by atoms with Crippen LogP contribution >= 0.6 is 0 Å². The molecule has 49 heavy (non-hydrogen) atoms. The van der Waals surface area contributed by atoms with Crippen molar-refractivity contribution >= 4 is 77.1 Å². The molecule has 0 bridgehead atoms. The van der Waals surface area contributed by atoms with Crippen LogP contribution in [-0.2, 0) is 5.41 Å². The number of hydrogen-bond donors (Lipinski definition) is 0. The maximum absolute atomic E-state index is 4.94. The van der Waals surface area contributed by atoms with Crippen LogP contribution in [-0.4, -0.2) is 18.9 Å². The Morgan fingerprint density at radius 1 is 0.490 bits per heavy atom. The summed E-state index contributed by atoms with van der Waals surface area (Å²) < 4.78 is 4.65. The van der Waals surface area contributed by atoms with Crippen LogP contribution in [0.3, 0.4) is 0 Å². The van der Waals surface area contributed by atoms with E-state index >= 15 is 0 Å². The molecule has 0 saturated heterocycles. The van der Waals surface area contributed by atoms with Crippen molar-refractivity contribution in [2.75, 3.05) is 4.90 Å². The van der Waals surface area contributed by atoms with Crippen LogP contribution in [0.4, 0.5) is 17.1 Å². The van der Waals surface area contributed by atoms with E-state index in [1.807, 2.05) is 30.6 Å². The molecule has 0 aliphatic heterocycles. The topological polar surface area (TPSA) is 38.4 Å². The van der Waals surface area contributed by atoms with Crippen molar-refractivity contribution in [2.45, 2.75) is 26.2 Å². The molecule has 0 unspecified atom stereocenters. The van der Waals surface area contributed by atoms with Crippen molar-refractivity contribution < 1.29 is 0 Å². The monoisotopic (exact) mass is 631 g/mol. The lowest BCUT2D eigenvalue weighted by Gasteiger charge is -2.26. The molecule has 0 aliphatic carbocycles. The minimum atomic E-state index is 0.0184. The van der Waals surface area contributed by atoms with Gasteiger partial charge in [-0.3, -0.25) is 8.97 Å². The molecule has 0 saturated carbocycles. The number of hydrogen-bond acceptors (Lipinski definition) is 3. The van der Waals surface area contributed by atoms with Gasteiger partial charge in [-0.2, -0.15) is 0 Å². The van der Waals surface area contributed by atoms with E-state index in [2.05, 4.69) is 150 Å². The van der Waals surface area contributed by atoms with Gasteiger partial charge in [-0.15, -0.1) is 0 Å². The number of pyridine rings is 2. The number of aromatic nitrogens is 4. The number of rotatable bonds is 4. The number of anilines is 3. The van der Waals surface area contributed by atoms with Gasteiger partial charge in [-0.25, -0.2) is 9.97 Å². The summed E-state index contributed by atoms with van der Waals surface area (Å²) in [6, 6.07) is 48.1. The van der Waals surface area contributed by atoms with Crippen molar-refractivity contribution in [1.29, 1.82) is 0 Å². The third-order valence-corrected chi connectivity index (χ3v) is 10.1. The fourth-order valence-corrected chi connectivity index (χ4v) is 7.77. The number of para-hydroxylation sites is 2. The molecule has 5 aromatic carbocycles. The van der Waals surface area contributed by atoms with E-state index in [-0.39, 0.29) is 5.41 Å². The molecule has 5 heterocycles. The predicted octanol–water partition coefficient (Wildman–Crippen LogP) is 11.5. The molecule has 0 N–H and O–H groups in total. The zero-order valence-corrected chi connectivity index (χ0v) is 27.6. The van der Waals surface area contributed by atoms with Gasteiger partial charge >= 0.3 is 0 Å². The fraction of sp³-hybridized carbons (Fsp3) is 0.0909. The van der Waals surface area contributed by atoms with Crippen molar-refractivity contribution in [3.63, 3.8) is 0 Å². The highest BCUT2D eigenvalue weighted by molar-refractivity contribution is 6.23. The molecule has 0 aliphatic rings. The Bertz CT molecular complexity index is 2860. The molecule has 5 aromatic heterocycles. The van der Waals surface area contributed by atoms with Crippen LogP contribution in [0, 0.1) is 0 Å². The second-order valence-corrected chi connectivity index (χ2v) is 14.0. The molecule has 0 spiro atoms. The number of fused-ring (bicyclic) bond motifs is 9. The summed E-state index contributed by atoms with van der Waals surface area (Å²) in [7, 11) is 0. The summed E-state index contributed by atoms with van der Waals surface area (Å²) in [6.45, 7) is 6.87. The molecule has 5 nitrogen and oxygen atoms in total. The van der Waals surface area contributed by atoms with E-state index in [1.165, 1.54) is 43.4 Å². The van der Waals surface area contributed by atoms with Crippen LogP contribution < -0.4 is 4.90 Å². The fourth-order valence-electron chi connectivity index (χ4n) is 7.77. The molecule has 0 amide bonds. The first-order chi connectivity index (χ1) is 24.0. The average molecular weight is 632 g/mol. The summed E-state index contributed by atoms with van der Waals surface area (Å²) in [5.41, 5.74) is 10.2. The average Bonchev–Trinajstić information content (AvgIpc) is 3.76. The normalized spacial score (nSPS) is 12.4. The van der Waals surface area contributed by atoms with Gasteiger partial charge in [0.15, 0.2) is 0 Å². The van der Waals surface area contributed by atoms with Crippen molar-refractivity contribution in [3.8, 4) is 5.82 Å². The largest absolute Gasteiger partial charge is 0.310 e. The second-order valence-electron chi connectivity index (χ2n) is 14.0. The highest BCUT2D eigenvalue weighted by Crippen LogP contribution is 2.44. The Hall–Kier alpha value is -6.20. The molecule has 0 radical (unpaired) electrons. The van der Waals surface area contributed by atoms with Crippen molar-refractivity contribution in [1.82, 2.24) is 18.9 Å². The Morgan fingerprint density at radius 2 is 1.12 bits per heavy atom. The van der Waals surface area contributed by atoms with Crippen LogP contribution in [0.1, 0.15) is 26.3 Å². The summed E-state index contributed by atoms with van der Waals surface area (Å²) in [5.74, 6) is 0.901. The van der Waals surface area contributed by atoms with Crippen LogP contribution in [0.25, 0.3) is 65.8 Å². The lowest BCUT2D eigenvalue weighted by atomic mass is 9.85. The smallest absolute Gasteiger partial charge is 0.145 e. The van der Waals surface area contributed by atoms with Crippen LogP contribution in [0.2, 0.25) is 0 Å².